The van der Waals surface area contributed by atoms with E-state index in [4.69, 9.17) is 11.6 Å². The first-order chi connectivity index (χ1) is 9.66. The average molecular weight is 284 g/mol. The van der Waals surface area contributed by atoms with E-state index in [2.05, 4.69) is 4.98 Å². The molecule has 3 aromatic rings. The van der Waals surface area contributed by atoms with Gasteiger partial charge >= 0.3 is 0 Å². The van der Waals surface area contributed by atoms with Crippen LogP contribution in [0.2, 0.25) is 5.02 Å². The molecule has 1 aromatic heterocycles. The first kappa shape index (κ1) is 13.1. The second kappa shape index (κ2) is 5.23. The number of aryl methyl sites for hydroxylation is 1. The van der Waals surface area contributed by atoms with E-state index in [9.17, 15) is 5.11 Å². The highest BCUT2D eigenvalue weighted by molar-refractivity contribution is 6.35. The molecule has 1 heterocycles. The SMILES string of the molecule is Cc1ccc(C(O)c2ccc(Cl)c3cccnc23)cc1. The molecule has 3 heteroatoms. The molecule has 0 radical (unpaired) electrons. The van der Waals surface area contributed by atoms with E-state index >= 15 is 0 Å². The van der Waals surface area contributed by atoms with Gasteiger partial charge in [-0.05, 0) is 30.7 Å². The van der Waals surface area contributed by atoms with Crippen LogP contribution in [0.4, 0.5) is 0 Å². The van der Waals surface area contributed by atoms with Crippen molar-refractivity contribution in [3.05, 3.63) is 76.4 Å². The summed E-state index contributed by atoms with van der Waals surface area (Å²) in [4.78, 5) is 4.36. The summed E-state index contributed by atoms with van der Waals surface area (Å²) in [6, 6.07) is 15.2. The van der Waals surface area contributed by atoms with E-state index in [1.165, 1.54) is 5.56 Å². The largest absolute Gasteiger partial charge is 0.384 e. The summed E-state index contributed by atoms with van der Waals surface area (Å²) in [5.41, 5.74) is 3.53. The molecule has 1 atom stereocenters. The van der Waals surface area contributed by atoms with Crippen molar-refractivity contribution in [1.82, 2.24) is 4.98 Å². The zero-order valence-electron chi connectivity index (χ0n) is 11.0. The van der Waals surface area contributed by atoms with Crippen molar-refractivity contribution < 1.29 is 5.11 Å². The molecular formula is C17H14ClNO. The highest BCUT2D eigenvalue weighted by Gasteiger charge is 2.15. The smallest absolute Gasteiger partial charge is 0.106 e. The number of aromatic nitrogens is 1. The van der Waals surface area contributed by atoms with E-state index in [0.717, 1.165) is 22.0 Å². The standard InChI is InChI=1S/C17H14ClNO/c1-11-4-6-12(7-5-11)17(20)14-8-9-15(18)13-3-2-10-19-16(13)14/h2-10,17,20H,1H3. The summed E-state index contributed by atoms with van der Waals surface area (Å²) >= 11 is 6.18. The monoisotopic (exact) mass is 283 g/mol. The molecule has 0 bridgehead atoms. The summed E-state index contributed by atoms with van der Waals surface area (Å²) in [5.74, 6) is 0. The molecule has 3 rings (SSSR count). The van der Waals surface area contributed by atoms with E-state index in [-0.39, 0.29) is 0 Å². The molecule has 0 saturated heterocycles. The molecular weight excluding hydrogens is 270 g/mol. The maximum Gasteiger partial charge on any atom is 0.106 e. The molecule has 0 fully saturated rings. The Balaban J connectivity index is 2.14. The number of fused-ring (bicyclic) bond motifs is 1. The molecule has 0 spiro atoms. The van der Waals surface area contributed by atoms with Gasteiger partial charge in [0.2, 0.25) is 0 Å². The van der Waals surface area contributed by atoms with Crippen LogP contribution < -0.4 is 0 Å². The van der Waals surface area contributed by atoms with Crippen LogP contribution in [0, 0.1) is 6.92 Å². The molecule has 100 valence electrons. The summed E-state index contributed by atoms with van der Waals surface area (Å²) in [5, 5.41) is 12.1. The molecule has 1 N–H and O–H groups in total. The second-order valence-corrected chi connectivity index (χ2v) is 5.26. The van der Waals surface area contributed by atoms with Gasteiger partial charge < -0.3 is 5.11 Å². The fraction of sp³-hybridized carbons (Fsp3) is 0.118. The molecule has 0 aliphatic heterocycles. The third kappa shape index (κ3) is 2.28. The minimum Gasteiger partial charge on any atom is -0.384 e. The van der Waals surface area contributed by atoms with E-state index in [1.807, 2.05) is 49.4 Å². The number of rotatable bonds is 2. The minimum atomic E-state index is -0.703. The number of aliphatic hydroxyl groups is 1. The van der Waals surface area contributed by atoms with Crippen molar-refractivity contribution in [2.24, 2.45) is 0 Å². The van der Waals surface area contributed by atoms with Gasteiger partial charge in [0.15, 0.2) is 0 Å². The maximum atomic E-state index is 10.6. The second-order valence-electron chi connectivity index (χ2n) is 4.85. The van der Waals surface area contributed by atoms with Gasteiger partial charge in [0.05, 0.1) is 5.52 Å². The van der Waals surface area contributed by atoms with E-state index < -0.39 is 6.10 Å². The minimum absolute atomic E-state index is 0.646. The van der Waals surface area contributed by atoms with Crippen LogP contribution in [0.5, 0.6) is 0 Å². The van der Waals surface area contributed by atoms with Crippen LogP contribution in [0.25, 0.3) is 10.9 Å². The zero-order valence-corrected chi connectivity index (χ0v) is 11.8. The Morgan fingerprint density at radius 3 is 2.55 bits per heavy atom. The lowest BCUT2D eigenvalue weighted by atomic mass is 9.98. The van der Waals surface area contributed by atoms with Gasteiger partial charge in [0.25, 0.3) is 0 Å². The summed E-state index contributed by atoms with van der Waals surface area (Å²) in [6.07, 6.45) is 1.01. The Morgan fingerprint density at radius 2 is 1.80 bits per heavy atom. The molecule has 0 saturated carbocycles. The molecule has 1 unspecified atom stereocenters. The fourth-order valence-corrected chi connectivity index (χ4v) is 2.52. The Bertz CT molecular complexity index is 753. The van der Waals surface area contributed by atoms with E-state index in [1.54, 1.807) is 12.3 Å². The maximum absolute atomic E-state index is 10.6. The first-order valence-electron chi connectivity index (χ1n) is 6.44. The van der Waals surface area contributed by atoms with Crippen molar-refractivity contribution >= 4 is 22.5 Å². The van der Waals surface area contributed by atoms with Gasteiger partial charge in [-0.2, -0.15) is 0 Å². The number of aliphatic hydroxyl groups excluding tert-OH is 1. The molecule has 20 heavy (non-hydrogen) atoms. The van der Waals surface area contributed by atoms with Gasteiger partial charge in [0.1, 0.15) is 6.10 Å². The highest BCUT2D eigenvalue weighted by Crippen LogP contribution is 2.31. The van der Waals surface area contributed by atoms with Crippen LogP contribution >= 0.6 is 11.6 Å². The lowest BCUT2D eigenvalue weighted by Crippen LogP contribution is -2.01. The third-order valence-electron chi connectivity index (χ3n) is 3.44. The number of hydrogen-bond acceptors (Lipinski definition) is 2. The van der Waals surface area contributed by atoms with Crippen LogP contribution in [0.15, 0.2) is 54.7 Å². The predicted molar refractivity (Wildman–Crippen MR) is 82.0 cm³/mol. The topological polar surface area (TPSA) is 33.1 Å². The molecule has 0 aliphatic carbocycles. The van der Waals surface area contributed by atoms with Gasteiger partial charge in [0, 0.05) is 22.2 Å². The number of halogens is 1. The Kier molecular flexibility index (Phi) is 3.43. The van der Waals surface area contributed by atoms with Crippen LogP contribution in [0.3, 0.4) is 0 Å². The lowest BCUT2D eigenvalue weighted by molar-refractivity contribution is 0.221. The molecule has 2 nitrogen and oxygen atoms in total. The average Bonchev–Trinajstić information content (AvgIpc) is 2.48. The molecule has 0 amide bonds. The summed E-state index contributed by atoms with van der Waals surface area (Å²) in [6.45, 7) is 2.02. The van der Waals surface area contributed by atoms with Crippen molar-refractivity contribution in [2.75, 3.05) is 0 Å². The van der Waals surface area contributed by atoms with Crippen LogP contribution in [0.1, 0.15) is 22.8 Å². The lowest BCUT2D eigenvalue weighted by Gasteiger charge is -2.14. The number of nitrogens with zero attached hydrogens (tertiary/aromatic N) is 1. The number of pyridine rings is 1. The Morgan fingerprint density at radius 1 is 1.05 bits per heavy atom. The zero-order chi connectivity index (χ0) is 14.1. The Hall–Kier alpha value is -1.90. The first-order valence-corrected chi connectivity index (χ1v) is 6.82. The fourth-order valence-electron chi connectivity index (χ4n) is 2.31. The summed E-state index contributed by atoms with van der Waals surface area (Å²) in [7, 11) is 0. The normalized spacial score (nSPS) is 12.6. The number of benzene rings is 2. The third-order valence-corrected chi connectivity index (χ3v) is 3.76. The quantitative estimate of drug-likeness (QED) is 0.761. The Labute approximate surface area is 122 Å². The molecule has 0 aliphatic rings. The van der Waals surface area contributed by atoms with Gasteiger partial charge in [-0.3, -0.25) is 4.98 Å². The summed E-state index contributed by atoms with van der Waals surface area (Å²) < 4.78 is 0. The van der Waals surface area contributed by atoms with Crippen LogP contribution in [-0.2, 0) is 0 Å². The molecule has 2 aromatic carbocycles. The van der Waals surface area contributed by atoms with Crippen LogP contribution in [-0.4, -0.2) is 10.1 Å². The highest BCUT2D eigenvalue weighted by atomic mass is 35.5. The van der Waals surface area contributed by atoms with Crippen molar-refractivity contribution in [1.29, 1.82) is 0 Å². The van der Waals surface area contributed by atoms with Gasteiger partial charge in [-0.1, -0.05) is 47.5 Å². The van der Waals surface area contributed by atoms with Gasteiger partial charge in [-0.15, -0.1) is 0 Å². The van der Waals surface area contributed by atoms with Crippen molar-refractivity contribution in [2.45, 2.75) is 13.0 Å². The van der Waals surface area contributed by atoms with Gasteiger partial charge in [-0.25, -0.2) is 0 Å². The van der Waals surface area contributed by atoms with E-state index in [0.29, 0.717) is 5.02 Å². The van der Waals surface area contributed by atoms with Crippen molar-refractivity contribution in [3.63, 3.8) is 0 Å². The predicted octanol–water partition coefficient (Wildman–Crippen LogP) is 4.28. The number of hydrogen-bond donors (Lipinski definition) is 1. The van der Waals surface area contributed by atoms with Crippen molar-refractivity contribution in [3.8, 4) is 0 Å².